The molecule has 2 saturated carbocycles. The zero-order valence-electron chi connectivity index (χ0n) is 19.5. The van der Waals surface area contributed by atoms with Gasteiger partial charge in [-0.1, -0.05) is 12.8 Å². The first kappa shape index (κ1) is 23.5. The van der Waals surface area contributed by atoms with Gasteiger partial charge >= 0.3 is 0 Å². The fourth-order valence-corrected chi connectivity index (χ4v) is 4.20. The van der Waals surface area contributed by atoms with Gasteiger partial charge < -0.3 is 15.5 Å². The number of pyridine rings is 1. The van der Waals surface area contributed by atoms with E-state index in [1.54, 1.807) is 31.4 Å². The van der Waals surface area contributed by atoms with E-state index in [1.807, 2.05) is 12.1 Å². The molecule has 0 bridgehead atoms. The van der Waals surface area contributed by atoms with Crippen LogP contribution in [0.1, 0.15) is 60.6 Å². The van der Waals surface area contributed by atoms with Gasteiger partial charge in [-0.05, 0) is 37.8 Å². The molecule has 1 unspecified atom stereocenters. The van der Waals surface area contributed by atoms with Gasteiger partial charge in [-0.3, -0.25) is 20.0 Å². The summed E-state index contributed by atoms with van der Waals surface area (Å²) >= 11 is 0. The largest absolute Gasteiger partial charge is 0.351 e. The van der Waals surface area contributed by atoms with Crippen LogP contribution in [0.4, 0.5) is 11.4 Å². The number of amides is 2. The summed E-state index contributed by atoms with van der Waals surface area (Å²) in [6.45, 7) is 0. The molecule has 34 heavy (non-hydrogen) atoms. The van der Waals surface area contributed by atoms with E-state index >= 15 is 0 Å². The second-order valence-electron chi connectivity index (χ2n) is 8.79. The third-order valence-electron chi connectivity index (χ3n) is 6.29. The Balaban J connectivity index is 1.55. The molecular formula is C24H30N8O2. The van der Waals surface area contributed by atoms with Crippen LogP contribution in [0.5, 0.6) is 0 Å². The summed E-state index contributed by atoms with van der Waals surface area (Å²) in [5.41, 5.74) is 1.92. The first-order valence-corrected chi connectivity index (χ1v) is 11.6. The van der Waals surface area contributed by atoms with Gasteiger partial charge in [-0.15, -0.1) is 0 Å². The van der Waals surface area contributed by atoms with E-state index in [0.717, 1.165) is 44.2 Å². The molecule has 10 heteroatoms. The molecule has 2 fully saturated rings. The van der Waals surface area contributed by atoms with Crippen molar-refractivity contribution in [3.63, 3.8) is 0 Å². The smallest absolute Gasteiger partial charge is 0.272 e. The second-order valence-corrected chi connectivity index (χ2v) is 8.79. The number of rotatable bonds is 9. The van der Waals surface area contributed by atoms with Gasteiger partial charge in [-0.25, -0.2) is 15.0 Å². The molecular weight excluding hydrogens is 432 g/mol. The zero-order valence-corrected chi connectivity index (χ0v) is 19.5. The van der Waals surface area contributed by atoms with E-state index in [-0.39, 0.29) is 17.4 Å². The first-order chi connectivity index (χ1) is 16.5. The van der Waals surface area contributed by atoms with Crippen molar-refractivity contribution in [1.29, 1.82) is 5.41 Å². The number of nitrogens with zero attached hydrogens (tertiary/aromatic N) is 5. The Kier molecular flexibility index (Phi) is 7.24. The van der Waals surface area contributed by atoms with E-state index in [9.17, 15) is 9.59 Å². The highest BCUT2D eigenvalue weighted by atomic mass is 16.2. The number of hydrogen-bond donors (Lipinski definition) is 3. The number of hydrogen-bond acceptors (Lipinski definition) is 8. The molecule has 2 amide bonds. The number of carbonyl (C=O) groups is 2. The lowest BCUT2D eigenvalue weighted by atomic mass is 10.1. The molecule has 3 N–H and O–H groups in total. The zero-order chi connectivity index (χ0) is 24.1. The van der Waals surface area contributed by atoms with Gasteiger partial charge in [0.2, 0.25) is 0 Å². The highest BCUT2D eigenvalue weighted by molar-refractivity contribution is 6.42. The molecule has 2 aromatic rings. The van der Waals surface area contributed by atoms with Crippen molar-refractivity contribution in [1.82, 2.24) is 25.2 Å². The lowest BCUT2D eigenvalue weighted by Gasteiger charge is -2.26. The summed E-state index contributed by atoms with van der Waals surface area (Å²) in [5, 5.41) is 14.4. The molecule has 2 aliphatic carbocycles. The minimum atomic E-state index is -0.965. The van der Waals surface area contributed by atoms with Crippen molar-refractivity contribution in [3.05, 3.63) is 42.2 Å². The van der Waals surface area contributed by atoms with E-state index in [4.69, 9.17) is 5.41 Å². The Bertz CT molecular complexity index is 1080. The van der Waals surface area contributed by atoms with Crippen LogP contribution in [-0.4, -0.2) is 69.8 Å². The molecule has 1 atom stereocenters. The van der Waals surface area contributed by atoms with Crippen LogP contribution in [0, 0.1) is 5.41 Å². The van der Waals surface area contributed by atoms with Crippen LogP contribution in [-0.2, 0) is 4.79 Å². The summed E-state index contributed by atoms with van der Waals surface area (Å²) in [6.07, 6.45) is 12.2. The molecule has 178 valence electrons. The number of carbonyl (C=O) groups excluding carboxylic acids is 2. The molecule has 4 rings (SSSR count). The normalized spacial score (nSPS) is 16.9. The van der Waals surface area contributed by atoms with Gasteiger partial charge in [0.1, 0.15) is 18.1 Å². The predicted octanol–water partition coefficient (Wildman–Crippen LogP) is 2.71. The van der Waals surface area contributed by atoms with Crippen LogP contribution in [0.2, 0.25) is 0 Å². The van der Waals surface area contributed by atoms with Gasteiger partial charge in [0.15, 0.2) is 5.69 Å². The highest BCUT2D eigenvalue weighted by Crippen LogP contribution is 2.39. The molecule has 2 aliphatic rings. The third kappa shape index (κ3) is 5.44. The van der Waals surface area contributed by atoms with Crippen molar-refractivity contribution in [2.24, 2.45) is 4.99 Å². The third-order valence-corrected chi connectivity index (χ3v) is 6.29. The summed E-state index contributed by atoms with van der Waals surface area (Å²) in [5.74, 6) is -0.544. The minimum Gasteiger partial charge on any atom is -0.351 e. The lowest BCUT2D eigenvalue weighted by molar-refractivity contribution is -0.124. The molecule has 0 aromatic carbocycles. The van der Waals surface area contributed by atoms with Crippen LogP contribution >= 0.6 is 0 Å². The van der Waals surface area contributed by atoms with Crippen LogP contribution < -0.4 is 10.6 Å². The number of aliphatic imine (C=N–C) groups is 1. The van der Waals surface area contributed by atoms with Crippen molar-refractivity contribution >= 4 is 35.1 Å². The first-order valence-electron chi connectivity index (χ1n) is 11.6. The molecule has 2 aromatic heterocycles. The SMILES string of the molecule is CN=CC(NC(=O)c1nc(C2CC2)ccc1Nc1cncnc1)C(=N)C(=O)N(C)C1CCCC1. The maximum atomic E-state index is 13.4. The fraction of sp³-hybridized carbons (Fsp3) is 0.458. The van der Waals surface area contributed by atoms with Crippen molar-refractivity contribution in [3.8, 4) is 0 Å². The Hall–Kier alpha value is -3.69. The van der Waals surface area contributed by atoms with E-state index < -0.39 is 17.9 Å². The van der Waals surface area contributed by atoms with Gasteiger partial charge in [0.25, 0.3) is 11.8 Å². The standard InChI is InChI=1S/C24H30N8O2/c1-26-13-20(21(25)24(34)32(2)17-5-3-4-6-17)31-23(33)22-19(29-16-11-27-14-28-12-16)10-9-18(30-22)15-7-8-15/h9-15,17,20,25,29H,3-8H2,1-2H3,(H,31,33). The van der Waals surface area contributed by atoms with Gasteiger partial charge in [0.05, 0.1) is 23.8 Å². The van der Waals surface area contributed by atoms with Crippen LogP contribution in [0.25, 0.3) is 0 Å². The van der Waals surface area contributed by atoms with Gasteiger partial charge in [0, 0.05) is 38.0 Å². The van der Waals surface area contributed by atoms with Crippen molar-refractivity contribution in [2.45, 2.75) is 56.5 Å². The summed E-state index contributed by atoms with van der Waals surface area (Å²) in [4.78, 5) is 44.5. The number of nitrogens with one attached hydrogen (secondary N) is 3. The van der Waals surface area contributed by atoms with Crippen LogP contribution in [0.3, 0.4) is 0 Å². The monoisotopic (exact) mass is 462 g/mol. The maximum Gasteiger partial charge on any atom is 0.272 e. The Labute approximate surface area is 198 Å². The minimum absolute atomic E-state index is 0.128. The van der Waals surface area contributed by atoms with Crippen LogP contribution in [0.15, 0.2) is 35.8 Å². The lowest BCUT2D eigenvalue weighted by Crippen LogP contribution is -2.50. The van der Waals surface area contributed by atoms with E-state index in [1.165, 1.54) is 12.5 Å². The average molecular weight is 463 g/mol. The Morgan fingerprint density at radius 3 is 2.53 bits per heavy atom. The summed E-state index contributed by atoms with van der Waals surface area (Å²) in [6, 6.07) is 2.89. The maximum absolute atomic E-state index is 13.4. The predicted molar refractivity (Wildman–Crippen MR) is 130 cm³/mol. The Morgan fingerprint density at radius 2 is 1.88 bits per heavy atom. The van der Waals surface area contributed by atoms with E-state index in [2.05, 4.69) is 30.6 Å². The highest BCUT2D eigenvalue weighted by Gasteiger charge is 2.31. The van der Waals surface area contributed by atoms with E-state index in [0.29, 0.717) is 17.3 Å². The van der Waals surface area contributed by atoms with Crippen molar-refractivity contribution < 1.29 is 9.59 Å². The summed E-state index contributed by atoms with van der Waals surface area (Å²) < 4.78 is 0. The van der Waals surface area contributed by atoms with Gasteiger partial charge in [-0.2, -0.15) is 0 Å². The molecule has 0 radical (unpaired) electrons. The molecule has 0 aliphatic heterocycles. The Morgan fingerprint density at radius 1 is 1.18 bits per heavy atom. The molecule has 10 nitrogen and oxygen atoms in total. The number of aromatic nitrogens is 3. The van der Waals surface area contributed by atoms with Crippen molar-refractivity contribution in [2.75, 3.05) is 19.4 Å². The molecule has 0 spiro atoms. The fourth-order valence-electron chi connectivity index (χ4n) is 4.20. The average Bonchev–Trinajstić information content (AvgIpc) is 3.56. The quantitative estimate of drug-likeness (QED) is 0.490. The molecule has 0 saturated heterocycles. The topological polar surface area (TPSA) is 136 Å². The second kappa shape index (κ2) is 10.5. The summed E-state index contributed by atoms with van der Waals surface area (Å²) in [7, 11) is 3.27. The molecule has 2 heterocycles. The number of anilines is 2.